The van der Waals surface area contributed by atoms with Gasteiger partial charge in [-0.3, -0.25) is 4.90 Å². The van der Waals surface area contributed by atoms with E-state index < -0.39 is 0 Å². The number of hydrogen-bond donors (Lipinski definition) is 1. The Bertz CT molecular complexity index is 359. The highest BCUT2D eigenvalue weighted by molar-refractivity contribution is 5.25. The minimum absolute atomic E-state index is 0.0636. The number of morpholine rings is 1. The molecule has 1 aliphatic rings. The molecule has 1 saturated heterocycles. The Kier molecular flexibility index (Phi) is 4.30. The first-order valence-electron chi connectivity index (χ1n) is 5.75. The number of methoxy groups -OCH3 is 1. The molecule has 1 aliphatic heterocycles. The van der Waals surface area contributed by atoms with Gasteiger partial charge in [0.05, 0.1) is 33.0 Å². The van der Waals surface area contributed by atoms with Crippen LogP contribution in [-0.2, 0) is 11.3 Å². The van der Waals surface area contributed by atoms with Crippen molar-refractivity contribution in [2.45, 2.75) is 12.6 Å². The van der Waals surface area contributed by atoms with Crippen LogP contribution in [-0.4, -0.2) is 54.5 Å². The molecule has 0 spiro atoms. The third-order valence-electron chi connectivity index (χ3n) is 2.98. The standard InChI is InChI=1S/C12H18N2O3/c1-16-12-10(3-2-4-13-12)7-14-5-6-17-9-11(14)8-15/h2-4,11,15H,5-9H2,1H3. The molecule has 0 amide bonds. The molecule has 1 aromatic heterocycles. The number of aliphatic hydroxyl groups is 1. The summed E-state index contributed by atoms with van der Waals surface area (Å²) < 4.78 is 10.6. The summed E-state index contributed by atoms with van der Waals surface area (Å²) in [7, 11) is 1.62. The van der Waals surface area contributed by atoms with Gasteiger partial charge in [0.25, 0.3) is 0 Å². The number of ether oxygens (including phenoxy) is 2. The van der Waals surface area contributed by atoms with Crippen molar-refractivity contribution < 1.29 is 14.6 Å². The summed E-state index contributed by atoms with van der Waals surface area (Å²) in [5.74, 6) is 0.649. The van der Waals surface area contributed by atoms with Gasteiger partial charge in [-0.25, -0.2) is 4.98 Å². The van der Waals surface area contributed by atoms with Crippen LogP contribution in [0, 0.1) is 0 Å². The Labute approximate surface area is 101 Å². The summed E-state index contributed by atoms with van der Waals surface area (Å²) >= 11 is 0. The zero-order valence-corrected chi connectivity index (χ0v) is 10.0. The highest BCUT2D eigenvalue weighted by Gasteiger charge is 2.23. The molecule has 0 saturated carbocycles. The fourth-order valence-electron chi connectivity index (χ4n) is 2.01. The summed E-state index contributed by atoms with van der Waals surface area (Å²) in [6.07, 6.45) is 1.71. The van der Waals surface area contributed by atoms with Crippen molar-refractivity contribution in [3.05, 3.63) is 23.9 Å². The second kappa shape index (κ2) is 5.95. The SMILES string of the molecule is COc1ncccc1CN1CCOCC1CO. The number of hydrogen-bond acceptors (Lipinski definition) is 5. The van der Waals surface area contributed by atoms with Crippen LogP contribution in [0.25, 0.3) is 0 Å². The lowest BCUT2D eigenvalue weighted by atomic mass is 10.2. The van der Waals surface area contributed by atoms with Crippen molar-refractivity contribution in [2.24, 2.45) is 0 Å². The van der Waals surface area contributed by atoms with E-state index in [4.69, 9.17) is 9.47 Å². The fraction of sp³-hybridized carbons (Fsp3) is 0.583. The van der Waals surface area contributed by atoms with E-state index in [0.717, 1.165) is 18.7 Å². The lowest BCUT2D eigenvalue weighted by molar-refractivity contribution is -0.0315. The second-order valence-electron chi connectivity index (χ2n) is 4.05. The average Bonchev–Trinajstić information content (AvgIpc) is 2.40. The largest absolute Gasteiger partial charge is 0.481 e. The van der Waals surface area contributed by atoms with Crippen LogP contribution in [0.3, 0.4) is 0 Å². The predicted octanol–water partition coefficient (Wildman–Crippen LogP) is 0.283. The second-order valence-corrected chi connectivity index (χ2v) is 4.05. The van der Waals surface area contributed by atoms with E-state index in [1.165, 1.54) is 0 Å². The molecule has 94 valence electrons. The zero-order valence-electron chi connectivity index (χ0n) is 10.0. The topological polar surface area (TPSA) is 54.8 Å². The van der Waals surface area contributed by atoms with Gasteiger partial charge in [0.2, 0.25) is 5.88 Å². The zero-order chi connectivity index (χ0) is 12.1. The lowest BCUT2D eigenvalue weighted by Gasteiger charge is -2.34. The first-order valence-corrected chi connectivity index (χ1v) is 5.75. The third-order valence-corrected chi connectivity index (χ3v) is 2.98. The van der Waals surface area contributed by atoms with Gasteiger partial charge < -0.3 is 14.6 Å². The summed E-state index contributed by atoms with van der Waals surface area (Å²) in [5, 5.41) is 9.30. The van der Waals surface area contributed by atoms with Gasteiger partial charge in [-0.15, -0.1) is 0 Å². The van der Waals surface area contributed by atoms with Crippen molar-refractivity contribution in [3.63, 3.8) is 0 Å². The summed E-state index contributed by atoms with van der Waals surface area (Å²) in [6, 6.07) is 3.95. The van der Waals surface area contributed by atoms with Crippen molar-refractivity contribution in [1.29, 1.82) is 0 Å². The first kappa shape index (κ1) is 12.3. The molecular formula is C12H18N2O3. The quantitative estimate of drug-likeness (QED) is 0.816. The molecule has 0 radical (unpaired) electrons. The lowest BCUT2D eigenvalue weighted by Crippen LogP contribution is -2.46. The van der Waals surface area contributed by atoms with Gasteiger partial charge in [0.1, 0.15) is 0 Å². The molecule has 5 heteroatoms. The van der Waals surface area contributed by atoms with Gasteiger partial charge >= 0.3 is 0 Å². The highest BCUT2D eigenvalue weighted by Crippen LogP contribution is 2.18. The average molecular weight is 238 g/mol. The van der Waals surface area contributed by atoms with Gasteiger partial charge in [0.15, 0.2) is 0 Å². The van der Waals surface area contributed by atoms with E-state index in [1.54, 1.807) is 13.3 Å². The summed E-state index contributed by atoms with van der Waals surface area (Å²) in [5.41, 5.74) is 1.04. The maximum absolute atomic E-state index is 9.30. The van der Waals surface area contributed by atoms with E-state index in [1.807, 2.05) is 12.1 Å². The van der Waals surface area contributed by atoms with Gasteiger partial charge in [-0.2, -0.15) is 0 Å². The van der Waals surface area contributed by atoms with Gasteiger partial charge in [-0.1, -0.05) is 6.07 Å². The van der Waals surface area contributed by atoms with Crippen LogP contribution in [0.2, 0.25) is 0 Å². The van der Waals surface area contributed by atoms with E-state index in [0.29, 0.717) is 19.1 Å². The van der Waals surface area contributed by atoms with E-state index >= 15 is 0 Å². The number of nitrogens with zero attached hydrogens (tertiary/aromatic N) is 2. The van der Waals surface area contributed by atoms with Crippen molar-refractivity contribution >= 4 is 0 Å². The monoisotopic (exact) mass is 238 g/mol. The normalized spacial score (nSPS) is 21.4. The fourth-order valence-corrected chi connectivity index (χ4v) is 2.01. The molecular weight excluding hydrogens is 220 g/mol. The predicted molar refractivity (Wildman–Crippen MR) is 62.9 cm³/mol. The molecule has 0 bridgehead atoms. The Hall–Kier alpha value is -1.17. The van der Waals surface area contributed by atoms with E-state index in [9.17, 15) is 5.11 Å². The maximum atomic E-state index is 9.30. The summed E-state index contributed by atoms with van der Waals surface area (Å²) in [6.45, 7) is 2.95. The molecule has 2 heterocycles. The van der Waals surface area contributed by atoms with Crippen LogP contribution >= 0.6 is 0 Å². The third kappa shape index (κ3) is 2.94. The number of pyridine rings is 1. The van der Waals surface area contributed by atoms with Gasteiger partial charge in [-0.05, 0) is 6.07 Å². The maximum Gasteiger partial charge on any atom is 0.217 e. The Morgan fingerprint density at radius 3 is 3.29 bits per heavy atom. The molecule has 1 atom stereocenters. The van der Waals surface area contributed by atoms with E-state index in [2.05, 4.69) is 9.88 Å². The molecule has 17 heavy (non-hydrogen) atoms. The van der Waals surface area contributed by atoms with E-state index in [-0.39, 0.29) is 12.6 Å². The summed E-state index contributed by atoms with van der Waals surface area (Å²) in [4.78, 5) is 6.37. The molecule has 5 nitrogen and oxygen atoms in total. The Balaban J connectivity index is 2.08. The van der Waals surface area contributed by atoms with Crippen LogP contribution in [0.5, 0.6) is 5.88 Å². The number of aromatic nitrogens is 1. The Morgan fingerprint density at radius 2 is 2.53 bits per heavy atom. The molecule has 0 aromatic carbocycles. The van der Waals surface area contributed by atoms with Crippen LogP contribution in [0.4, 0.5) is 0 Å². The molecule has 1 fully saturated rings. The highest BCUT2D eigenvalue weighted by atomic mass is 16.5. The van der Waals surface area contributed by atoms with Crippen molar-refractivity contribution in [3.8, 4) is 5.88 Å². The minimum Gasteiger partial charge on any atom is -0.481 e. The smallest absolute Gasteiger partial charge is 0.217 e. The Morgan fingerprint density at radius 1 is 1.65 bits per heavy atom. The van der Waals surface area contributed by atoms with Crippen molar-refractivity contribution in [1.82, 2.24) is 9.88 Å². The minimum atomic E-state index is 0.0636. The van der Waals surface area contributed by atoms with Crippen LogP contribution in [0.1, 0.15) is 5.56 Å². The first-order chi connectivity index (χ1) is 8.35. The number of rotatable bonds is 4. The van der Waals surface area contributed by atoms with Crippen LogP contribution in [0.15, 0.2) is 18.3 Å². The molecule has 1 N–H and O–H groups in total. The molecule has 1 unspecified atom stereocenters. The van der Waals surface area contributed by atoms with Crippen LogP contribution < -0.4 is 4.74 Å². The molecule has 0 aliphatic carbocycles. The molecule has 1 aromatic rings. The molecule has 2 rings (SSSR count). The van der Waals surface area contributed by atoms with Crippen molar-refractivity contribution in [2.75, 3.05) is 33.5 Å². The number of aliphatic hydroxyl groups excluding tert-OH is 1. The van der Waals surface area contributed by atoms with Gasteiger partial charge in [0, 0.05) is 24.8 Å².